The Balaban J connectivity index is 2.78. The van der Waals surface area contributed by atoms with Gasteiger partial charge in [-0.1, -0.05) is 23.2 Å². The predicted molar refractivity (Wildman–Crippen MR) is 62.0 cm³/mol. The molecule has 0 aliphatic rings. The lowest BCUT2D eigenvalue weighted by Gasteiger charge is -2.11. The quantitative estimate of drug-likeness (QED) is 0.645. The smallest absolute Gasteiger partial charge is 0.326 e. The highest BCUT2D eigenvalue weighted by Gasteiger charge is 2.24. The Bertz CT molecular complexity index is 480. The van der Waals surface area contributed by atoms with Crippen molar-refractivity contribution in [2.24, 2.45) is 0 Å². The maximum Gasteiger partial charge on any atom is 0.326 e. The van der Waals surface area contributed by atoms with E-state index in [2.05, 4.69) is 4.98 Å². The molecular weight excluding hydrogens is 287 g/mol. The van der Waals surface area contributed by atoms with Crippen LogP contribution in [-0.4, -0.2) is 39.1 Å². The van der Waals surface area contributed by atoms with E-state index in [-0.39, 0.29) is 15.9 Å². The van der Waals surface area contributed by atoms with Crippen molar-refractivity contribution in [2.45, 2.75) is 12.5 Å². The number of rotatable bonds is 5. The minimum atomic E-state index is -1.53. The van der Waals surface area contributed by atoms with Gasteiger partial charge in [-0.2, -0.15) is 0 Å². The van der Waals surface area contributed by atoms with Crippen molar-refractivity contribution in [2.75, 3.05) is 0 Å². The molecule has 1 heterocycles. The number of carboxylic acids is 2. The van der Waals surface area contributed by atoms with Gasteiger partial charge >= 0.3 is 11.9 Å². The van der Waals surface area contributed by atoms with E-state index in [1.807, 2.05) is 5.32 Å². The lowest BCUT2D eigenvalue weighted by Crippen LogP contribution is -2.42. The van der Waals surface area contributed by atoms with Gasteiger partial charge in [0.25, 0.3) is 5.91 Å². The molecule has 1 rings (SSSR count). The third kappa shape index (κ3) is 3.64. The molecule has 0 bridgehead atoms. The zero-order valence-corrected chi connectivity index (χ0v) is 10.2. The van der Waals surface area contributed by atoms with Crippen molar-refractivity contribution < 1.29 is 24.6 Å². The molecule has 0 aliphatic carbocycles. The van der Waals surface area contributed by atoms with E-state index in [0.717, 1.165) is 0 Å². The van der Waals surface area contributed by atoms with Crippen LogP contribution in [0.4, 0.5) is 0 Å². The van der Waals surface area contributed by atoms with Crippen LogP contribution >= 0.6 is 23.2 Å². The summed E-state index contributed by atoms with van der Waals surface area (Å²) in [5.41, 5.74) is -0.0540. The fourth-order valence-corrected chi connectivity index (χ4v) is 1.45. The first kappa shape index (κ1) is 14.3. The molecule has 1 amide bonds. The molecule has 0 saturated heterocycles. The number of amides is 1. The Labute approximate surface area is 111 Å². The van der Waals surface area contributed by atoms with Crippen molar-refractivity contribution in [1.82, 2.24) is 10.3 Å². The zero-order chi connectivity index (χ0) is 13.9. The van der Waals surface area contributed by atoms with E-state index in [1.165, 1.54) is 6.07 Å². The van der Waals surface area contributed by atoms with Gasteiger partial charge in [-0.3, -0.25) is 9.59 Å². The summed E-state index contributed by atoms with van der Waals surface area (Å²) in [5.74, 6) is -3.60. The molecule has 0 fully saturated rings. The van der Waals surface area contributed by atoms with E-state index in [0.29, 0.717) is 0 Å². The van der Waals surface area contributed by atoms with Crippen molar-refractivity contribution >= 4 is 41.0 Å². The number of carbonyl (C=O) groups is 3. The van der Waals surface area contributed by atoms with E-state index < -0.39 is 30.3 Å². The zero-order valence-electron chi connectivity index (χ0n) is 8.74. The Hall–Kier alpha value is -1.73. The van der Waals surface area contributed by atoms with E-state index in [9.17, 15) is 14.4 Å². The number of aromatic nitrogens is 1. The number of carbonyl (C=O) groups excluding carboxylic acids is 1. The maximum atomic E-state index is 11.6. The average molecular weight is 295 g/mol. The van der Waals surface area contributed by atoms with Crippen LogP contribution < -0.4 is 5.32 Å². The van der Waals surface area contributed by atoms with Gasteiger partial charge in [-0.05, 0) is 6.07 Å². The van der Waals surface area contributed by atoms with Gasteiger partial charge < -0.3 is 20.5 Å². The van der Waals surface area contributed by atoms with Gasteiger partial charge in [0.1, 0.15) is 16.9 Å². The highest BCUT2D eigenvalue weighted by Crippen LogP contribution is 2.21. The van der Waals surface area contributed by atoms with Crippen LogP contribution in [0.15, 0.2) is 6.07 Å². The van der Waals surface area contributed by atoms with Gasteiger partial charge in [-0.25, -0.2) is 4.79 Å². The van der Waals surface area contributed by atoms with Crippen LogP contribution in [0.1, 0.15) is 16.9 Å². The number of halogens is 2. The normalized spacial score (nSPS) is 11.9. The fraction of sp³-hybridized carbons (Fsp3) is 0.222. The molecule has 1 unspecified atom stereocenters. The molecule has 98 valence electrons. The number of aromatic amines is 1. The number of nitrogens with one attached hydrogen (secondary N) is 2. The summed E-state index contributed by atoms with van der Waals surface area (Å²) in [6, 6.07) is -0.324. The van der Waals surface area contributed by atoms with Gasteiger partial charge in [0, 0.05) is 0 Å². The highest BCUT2D eigenvalue weighted by atomic mass is 35.5. The Morgan fingerprint density at radius 3 is 2.33 bits per heavy atom. The molecule has 1 aromatic rings. The molecule has 18 heavy (non-hydrogen) atoms. The summed E-state index contributed by atoms with van der Waals surface area (Å²) in [6.07, 6.45) is -0.733. The van der Waals surface area contributed by atoms with Gasteiger partial charge in [0.05, 0.1) is 11.4 Å². The van der Waals surface area contributed by atoms with Crippen LogP contribution in [0.5, 0.6) is 0 Å². The van der Waals surface area contributed by atoms with E-state index in [1.54, 1.807) is 0 Å². The number of hydrogen-bond donors (Lipinski definition) is 4. The Morgan fingerprint density at radius 1 is 1.33 bits per heavy atom. The summed E-state index contributed by atoms with van der Waals surface area (Å²) in [5, 5.41) is 19.4. The SMILES string of the molecule is O=C(O)CC(NC(=O)c1cc(Cl)c(Cl)[nH]1)C(=O)O. The molecule has 1 atom stereocenters. The largest absolute Gasteiger partial charge is 0.481 e. The molecular formula is C9H8Cl2N2O5. The summed E-state index contributed by atoms with van der Waals surface area (Å²) in [4.78, 5) is 35.2. The summed E-state index contributed by atoms with van der Waals surface area (Å²) < 4.78 is 0. The molecule has 9 heteroatoms. The second-order valence-corrected chi connectivity index (χ2v) is 4.09. The monoisotopic (exact) mass is 294 g/mol. The molecule has 1 aromatic heterocycles. The number of H-pyrrole nitrogens is 1. The first-order chi connectivity index (χ1) is 8.31. The number of hydrogen-bond acceptors (Lipinski definition) is 3. The fourth-order valence-electron chi connectivity index (χ4n) is 1.14. The van der Waals surface area contributed by atoms with Crippen LogP contribution in [0.25, 0.3) is 0 Å². The first-order valence-corrected chi connectivity index (χ1v) is 5.36. The van der Waals surface area contributed by atoms with Crippen molar-refractivity contribution in [3.8, 4) is 0 Å². The number of aliphatic carboxylic acids is 2. The first-order valence-electron chi connectivity index (χ1n) is 4.60. The topological polar surface area (TPSA) is 119 Å². The molecule has 7 nitrogen and oxygen atoms in total. The molecule has 0 radical (unpaired) electrons. The Morgan fingerprint density at radius 2 is 1.94 bits per heavy atom. The van der Waals surface area contributed by atoms with E-state index in [4.69, 9.17) is 33.4 Å². The molecule has 0 aromatic carbocycles. The van der Waals surface area contributed by atoms with Crippen molar-refractivity contribution in [3.63, 3.8) is 0 Å². The van der Waals surface area contributed by atoms with Crippen LogP contribution in [-0.2, 0) is 9.59 Å². The lowest BCUT2D eigenvalue weighted by atomic mass is 10.2. The maximum absolute atomic E-state index is 11.6. The van der Waals surface area contributed by atoms with Crippen molar-refractivity contribution in [1.29, 1.82) is 0 Å². The lowest BCUT2D eigenvalue weighted by molar-refractivity contribution is -0.145. The molecule has 0 saturated carbocycles. The number of carboxylic acid groups (broad SMARTS) is 2. The third-order valence-electron chi connectivity index (χ3n) is 1.95. The second-order valence-electron chi connectivity index (χ2n) is 3.31. The van der Waals surface area contributed by atoms with Crippen LogP contribution in [0.3, 0.4) is 0 Å². The van der Waals surface area contributed by atoms with Gasteiger partial charge in [0.15, 0.2) is 0 Å². The van der Waals surface area contributed by atoms with Crippen LogP contribution in [0, 0.1) is 0 Å². The van der Waals surface area contributed by atoms with Gasteiger partial charge in [0.2, 0.25) is 0 Å². The van der Waals surface area contributed by atoms with Crippen molar-refractivity contribution in [3.05, 3.63) is 21.9 Å². The third-order valence-corrected chi connectivity index (χ3v) is 2.64. The summed E-state index contributed by atoms with van der Waals surface area (Å²) >= 11 is 11.2. The minimum absolute atomic E-state index is 0.0342. The van der Waals surface area contributed by atoms with Crippen LogP contribution in [0.2, 0.25) is 10.2 Å². The summed E-state index contributed by atoms with van der Waals surface area (Å²) in [7, 11) is 0. The molecule has 0 aliphatic heterocycles. The standard InChI is InChI=1S/C9H8Cl2N2O5/c10-3-1-4(12-7(3)11)8(16)13-5(9(17)18)2-6(14)15/h1,5,12H,2H2,(H,13,16)(H,14,15)(H,17,18). The summed E-state index contributed by atoms with van der Waals surface area (Å²) in [6.45, 7) is 0. The highest BCUT2D eigenvalue weighted by molar-refractivity contribution is 6.41. The van der Waals surface area contributed by atoms with Gasteiger partial charge in [-0.15, -0.1) is 0 Å². The van der Waals surface area contributed by atoms with E-state index >= 15 is 0 Å². The average Bonchev–Trinajstić information content (AvgIpc) is 2.57. The minimum Gasteiger partial charge on any atom is -0.481 e. The molecule has 4 N–H and O–H groups in total. The molecule has 0 spiro atoms. The predicted octanol–water partition coefficient (Wildman–Crippen LogP) is 0.979. The Kier molecular flexibility index (Phi) is 4.57. The second kappa shape index (κ2) is 5.74.